The van der Waals surface area contributed by atoms with Crippen molar-refractivity contribution in [3.63, 3.8) is 0 Å². The van der Waals surface area contributed by atoms with E-state index in [0.717, 1.165) is 6.42 Å². The molecule has 2 aromatic carbocycles. The summed E-state index contributed by atoms with van der Waals surface area (Å²) in [6.07, 6.45) is 0.848. The maximum absolute atomic E-state index is 12.9. The van der Waals surface area contributed by atoms with E-state index in [1.54, 1.807) is 35.2 Å². The molecule has 1 unspecified atom stereocenters. The molecule has 0 radical (unpaired) electrons. The molecule has 3 N–H and O–H groups in total. The number of nitrogens with two attached hydrogens (primary N) is 1. The summed E-state index contributed by atoms with van der Waals surface area (Å²) < 4.78 is 27.7. The molecule has 1 atom stereocenters. The monoisotopic (exact) mass is 429 g/mol. The van der Waals surface area contributed by atoms with Crippen molar-refractivity contribution in [2.75, 3.05) is 24.4 Å². The van der Waals surface area contributed by atoms with Gasteiger partial charge < -0.3 is 10.6 Å². The molecular weight excluding hydrogens is 409 g/mol. The van der Waals surface area contributed by atoms with E-state index < -0.39 is 10.0 Å². The Kier molecular flexibility index (Phi) is 7.11. The van der Waals surface area contributed by atoms with Gasteiger partial charge in [0.25, 0.3) is 15.9 Å². The summed E-state index contributed by atoms with van der Waals surface area (Å²) in [5.74, 6) is 0.0408. The zero-order valence-corrected chi connectivity index (χ0v) is 16.9. The molecule has 0 aliphatic carbocycles. The zero-order valence-electron chi connectivity index (χ0n) is 14.5. The molecule has 1 heterocycles. The van der Waals surface area contributed by atoms with E-state index in [0.29, 0.717) is 24.7 Å². The summed E-state index contributed by atoms with van der Waals surface area (Å²) in [5.41, 5.74) is 6.12. The second-order valence-electron chi connectivity index (χ2n) is 6.25. The van der Waals surface area contributed by atoms with Crippen LogP contribution in [-0.4, -0.2) is 38.9 Å². The van der Waals surface area contributed by atoms with Crippen LogP contribution < -0.4 is 10.5 Å². The van der Waals surface area contributed by atoms with E-state index >= 15 is 0 Å². The number of halogens is 2. The molecule has 0 saturated carbocycles. The van der Waals surface area contributed by atoms with Gasteiger partial charge in [0.15, 0.2) is 0 Å². The molecule has 3 rings (SSSR count). The van der Waals surface area contributed by atoms with Gasteiger partial charge in [-0.3, -0.25) is 9.52 Å². The quantitative estimate of drug-likeness (QED) is 0.763. The van der Waals surface area contributed by atoms with Gasteiger partial charge in [0.05, 0.1) is 16.1 Å². The van der Waals surface area contributed by atoms with E-state index in [9.17, 15) is 13.2 Å². The molecule has 0 aromatic heterocycles. The van der Waals surface area contributed by atoms with Gasteiger partial charge in [0, 0.05) is 18.1 Å². The molecule has 1 amide bonds. The van der Waals surface area contributed by atoms with Crippen LogP contribution >= 0.6 is 24.0 Å². The van der Waals surface area contributed by atoms with E-state index in [1.807, 2.05) is 0 Å². The highest BCUT2D eigenvalue weighted by atomic mass is 35.5. The largest absolute Gasteiger partial charge is 0.338 e. The first-order valence-electron chi connectivity index (χ1n) is 8.27. The summed E-state index contributed by atoms with van der Waals surface area (Å²) in [7, 11) is -3.82. The van der Waals surface area contributed by atoms with E-state index in [1.165, 1.54) is 18.2 Å². The fraction of sp³-hybridized carbons (Fsp3) is 0.278. The molecule has 1 fully saturated rings. The van der Waals surface area contributed by atoms with Crippen molar-refractivity contribution >= 4 is 45.6 Å². The van der Waals surface area contributed by atoms with Gasteiger partial charge in [-0.05, 0) is 49.2 Å². The van der Waals surface area contributed by atoms with E-state index in [2.05, 4.69) is 4.72 Å². The van der Waals surface area contributed by atoms with Gasteiger partial charge in [0.2, 0.25) is 0 Å². The Morgan fingerprint density at radius 3 is 2.56 bits per heavy atom. The summed E-state index contributed by atoms with van der Waals surface area (Å²) in [4.78, 5) is 14.7. The molecule has 0 spiro atoms. The van der Waals surface area contributed by atoms with Crippen molar-refractivity contribution in [2.45, 2.75) is 11.3 Å². The Morgan fingerprint density at radius 2 is 1.93 bits per heavy atom. The Bertz CT molecular complexity index is 907. The molecule has 1 aliphatic heterocycles. The normalized spacial score (nSPS) is 16.7. The standard InChI is InChI=1S/C18H20ClN3O3S.ClH/c19-14-6-7-16(18(23)22-9-8-13(11-20)12-22)17(10-14)21-26(24,25)15-4-2-1-3-5-15;/h1-7,10,13,21H,8-9,11-12,20H2;1H. The number of hydrogen-bond donors (Lipinski definition) is 2. The predicted molar refractivity (Wildman–Crippen MR) is 109 cm³/mol. The second-order valence-corrected chi connectivity index (χ2v) is 8.37. The molecule has 6 nitrogen and oxygen atoms in total. The van der Waals surface area contributed by atoms with Gasteiger partial charge in [-0.2, -0.15) is 0 Å². The number of benzene rings is 2. The number of rotatable bonds is 5. The van der Waals surface area contributed by atoms with Crippen LogP contribution in [-0.2, 0) is 10.0 Å². The molecular formula is C18H21Cl2N3O3S. The third-order valence-corrected chi connectivity index (χ3v) is 6.03. The number of carbonyl (C=O) groups is 1. The van der Waals surface area contributed by atoms with Gasteiger partial charge in [0.1, 0.15) is 0 Å². The highest BCUT2D eigenvalue weighted by Gasteiger charge is 2.28. The highest BCUT2D eigenvalue weighted by molar-refractivity contribution is 7.92. The predicted octanol–water partition coefficient (Wildman–Crippen LogP) is 2.98. The lowest BCUT2D eigenvalue weighted by atomic mass is 10.1. The molecule has 2 aromatic rings. The van der Waals surface area contributed by atoms with Crippen molar-refractivity contribution in [3.8, 4) is 0 Å². The number of sulfonamides is 1. The number of hydrogen-bond acceptors (Lipinski definition) is 4. The SMILES string of the molecule is Cl.NCC1CCN(C(=O)c2ccc(Cl)cc2NS(=O)(=O)c2ccccc2)C1. The minimum atomic E-state index is -3.82. The number of nitrogens with zero attached hydrogens (tertiary/aromatic N) is 1. The number of carbonyl (C=O) groups excluding carboxylic acids is 1. The van der Waals surface area contributed by atoms with Crippen LogP contribution in [0.1, 0.15) is 16.8 Å². The second kappa shape index (κ2) is 8.93. The first kappa shape index (κ1) is 21.5. The molecule has 27 heavy (non-hydrogen) atoms. The summed E-state index contributed by atoms with van der Waals surface area (Å²) in [6.45, 7) is 1.70. The lowest BCUT2D eigenvalue weighted by Gasteiger charge is -2.19. The van der Waals surface area contributed by atoms with E-state index in [-0.39, 0.29) is 40.4 Å². The van der Waals surface area contributed by atoms with Crippen LogP contribution in [0.25, 0.3) is 0 Å². The molecule has 1 saturated heterocycles. The topological polar surface area (TPSA) is 92.5 Å². The fourth-order valence-electron chi connectivity index (χ4n) is 2.97. The third-order valence-electron chi connectivity index (χ3n) is 4.42. The average molecular weight is 430 g/mol. The van der Waals surface area contributed by atoms with Crippen LogP contribution in [0.4, 0.5) is 5.69 Å². The van der Waals surface area contributed by atoms with Gasteiger partial charge >= 0.3 is 0 Å². The van der Waals surface area contributed by atoms with Crippen molar-refractivity contribution < 1.29 is 13.2 Å². The van der Waals surface area contributed by atoms with Gasteiger partial charge in [-0.1, -0.05) is 29.8 Å². The lowest BCUT2D eigenvalue weighted by molar-refractivity contribution is 0.0788. The Balaban J connectivity index is 0.00000261. The van der Waals surface area contributed by atoms with Gasteiger partial charge in [-0.25, -0.2) is 8.42 Å². The minimum Gasteiger partial charge on any atom is -0.338 e. The fourth-order valence-corrected chi connectivity index (χ4v) is 4.23. The van der Waals surface area contributed by atoms with Crippen LogP contribution in [0.15, 0.2) is 53.4 Å². The molecule has 0 bridgehead atoms. The maximum atomic E-state index is 12.9. The Morgan fingerprint density at radius 1 is 1.22 bits per heavy atom. The number of nitrogens with one attached hydrogen (secondary N) is 1. The number of anilines is 1. The van der Waals surface area contributed by atoms with Crippen LogP contribution in [0.3, 0.4) is 0 Å². The van der Waals surface area contributed by atoms with Crippen molar-refractivity contribution in [1.82, 2.24) is 4.90 Å². The van der Waals surface area contributed by atoms with E-state index in [4.69, 9.17) is 17.3 Å². The first-order valence-corrected chi connectivity index (χ1v) is 10.1. The summed E-state index contributed by atoms with van der Waals surface area (Å²) >= 11 is 6.03. The average Bonchev–Trinajstić information content (AvgIpc) is 3.11. The van der Waals surface area contributed by atoms with Crippen LogP contribution in [0.5, 0.6) is 0 Å². The summed E-state index contributed by atoms with van der Waals surface area (Å²) in [6, 6.07) is 12.5. The Labute approximate surface area is 170 Å². The number of amides is 1. The lowest BCUT2D eigenvalue weighted by Crippen LogP contribution is -2.30. The van der Waals surface area contributed by atoms with Crippen molar-refractivity contribution in [3.05, 3.63) is 59.1 Å². The van der Waals surface area contributed by atoms with Gasteiger partial charge in [-0.15, -0.1) is 12.4 Å². The minimum absolute atomic E-state index is 0. The van der Waals surface area contributed by atoms with Crippen LogP contribution in [0.2, 0.25) is 5.02 Å². The summed E-state index contributed by atoms with van der Waals surface area (Å²) in [5, 5.41) is 0.341. The van der Waals surface area contributed by atoms with Crippen LogP contribution in [0, 0.1) is 5.92 Å². The first-order chi connectivity index (χ1) is 12.4. The highest BCUT2D eigenvalue weighted by Crippen LogP contribution is 2.27. The smallest absolute Gasteiger partial charge is 0.261 e. The third kappa shape index (κ3) is 4.93. The zero-order chi connectivity index (χ0) is 18.7. The number of likely N-dealkylation sites (tertiary alicyclic amines) is 1. The Hall–Kier alpha value is -1.80. The maximum Gasteiger partial charge on any atom is 0.261 e. The molecule has 1 aliphatic rings. The van der Waals surface area contributed by atoms with Crippen molar-refractivity contribution in [2.24, 2.45) is 11.7 Å². The molecule has 146 valence electrons. The molecule has 9 heteroatoms. The van der Waals surface area contributed by atoms with Crippen molar-refractivity contribution in [1.29, 1.82) is 0 Å².